The molecule has 0 aromatic heterocycles. The molecule has 1 aliphatic carbocycles. The molecule has 1 saturated carbocycles. The minimum atomic E-state index is -0.0522. The first kappa shape index (κ1) is 12.6. The van der Waals surface area contributed by atoms with E-state index in [4.69, 9.17) is 4.74 Å². The van der Waals surface area contributed by atoms with Crippen molar-refractivity contribution >= 4 is 0 Å². The topological polar surface area (TPSA) is 9.23 Å². The van der Waals surface area contributed by atoms with E-state index < -0.39 is 0 Å². The van der Waals surface area contributed by atoms with Gasteiger partial charge in [-0.2, -0.15) is 0 Å². The second-order valence-electron chi connectivity index (χ2n) is 6.92. The minimum absolute atomic E-state index is 0.0522. The Morgan fingerprint density at radius 2 is 1.53 bits per heavy atom. The molecule has 1 fully saturated rings. The minimum Gasteiger partial charge on any atom is -0.373 e. The van der Waals surface area contributed by atoms with Gasteiger partial charge in [-0.3, -0.25) is 0 Å². The van der Waals surface area contributed by atoms with Crippen molar-refractivity contribution in [2.75, 3.05) is 7.11 Å². The summed E-state index contributed by atoms with van der Waals surface area (Å²) in [6, 6.07) is 8.95. The third-order valence-corrected chi connectivity index (χ3v) is 4.22. The predicted molar refractivity (Wildman–Crippen MR) is 72.2 cm³/mol. The van der Waals surface area contributed by atoms with Crippen LogP contribution in [0.25, 0.3) is 0 Å². The average molecular weight is 232 g/mol. The third kappa shape index (κ3) is 1.91. The molecular weight excluding hydrogens is 208 g/mol. The lowest BCUT2D eigenvalue weighted by Gasteiger charge is -2.23. The maximum Gasteiger partial charge on any atom is 0.0985 e. The van der Waals surface area contributed by atoms with Gasteiger partial charge in [0.15, 0.2) is 0 Å². The van der Waals surface area contributed by atoms with Crippen LogP contribution in [-0.2, 0) is 15.8 Å². The molecule has 1 atom stereocenters. The van der Waals surface area contributed by atoms with E-state index in [1.807, 2.05) is 7.11 Å². The average Bonchev–Trinajstić information content (AvgIpc) is 2.81. The van der Waals surface area contributed by atoms with Crippen molar-refractivity contribution in [2.24, 2.45) is 5.41 Å². The van der Waals surface area contributed by atoms with Crippen LogP contribution >= 0.6 is 0 Å². The van der Waals surface area contributed by atoms with Crippen molar-refractivity contribution in [3.63, 3.8) is 0 Å². The standard InChI is InChI=1S/C16H24O/c1-14(2,3)12-7-9-13(10-8-12)16(17-6)11-15(16,4)5/h7-10H,11H2,1-6H3. The molecule has 1 aliphatic rings. The van der Waals surface area contributed by atoms with Gasteiger partial charge in [0.25, 0.3) is 0 Å². The lowest BCUT2D eigenvalue weighted by atomic mass is 9.85. The summed E-state index contributed by atoms with van der Waals surface area (Å²) in [4.78, 5) is 0. The molecule has 0 bridgehead atoms. The highest BCUT2D eigenvalue weighted by atomic mass is 16.5. The molecule has 0 radical (unpaired) electrons. The SMILES string of the molecule is COC1(c2ccc(C(C)(C)C)cc2)CC1(C)C. The number of methoxy groups -OCH3 is 1. The van der Waals surface area contributed by atoms with E-state index in [9.17, 15) is 0 Å². The number of ether oxygens (including phenoxy) is 1. The highest BCUT2D eigenvalue weighted by Gasteiger charge is 2.63. The molecule has 1 heteroatoms. The van der Waals surface area contributed by atoms with Crippen LogP contribution in [0.5, 0.6) is 0 Å². The van der Waals surface area contributed by atoms with Crippen LogP contribution in [0.1, 0.15) is 52.2 Å². The summed E-state index contributed by atoms with van der Waals surface area (Å²) in [5, 5.41) is 0. The summed E-state index contributed by atoms with van der Waals surface area (Å²) in [6.07, 6.45) is 1.12. The molecule has 0 aliphatic heterocycles. The van der Waals surface area contributed by atoms with E-state index in [1.165, 1.54) is 11.1 Å². The van der Waals surface area contributed by atoms with Gasteiger partial charge in [-0.25, -0.2) is 0 Å². The van der Waals surface area contributed by atoms with E-state index in [1.54, 1.807) is 0 Å². The Labute approximate surface area is 105 Å². The molecule has 1 unspecified atom stereocenters. The number of hydrogen-bond donors (Lipinski definition) is 0. The zero-order valence-corrected chi connectivity index (χ0v) is 11.9. The maximum absolute atomic E-state index is 5.78. The van der Waals surface area contributed by atoms with Gasteiger partial charge < -0.3 is 4.74 Å². The van der Waals surface area contributed by atoms with Crippen LogP contribution in [0.3, 0.4) is 0 Å². The second kappa shape index (κ2) is 3.58. The van der Waals surface area contributed by atoms with Crippen molar-refractivity contribution in [3.05, 3.63) is 35.4 Å². The fourth-order valence-electron chi connectivity index (χ4n) is 2.78. The molecular formula is C16H24O. The van der Waals surface area contributed by atoms with Crippen LogP contribution in [-0.4, -0.2) is 7.11 Å². The molecule has 0 saturated heterocycles. The Morgan fingerprint density at radius 3 is 1.82 bits per heavy atom. The lowest BCUT2D eigenvalue weighted by Crippen LogP contribution is -2.17. The first-order valence-corrected chi connectivity index (χ1v) is 6.39. The van der Waals surface area contributed by atoms with Crippen LogP contribution < -0.4 is 0 Å². The molecule has 94 valence electrons. The first-order valence-electron chi connectivity index (χ1n) is 6.39. The van der Waals surface area contributed by atoms with Gasteiger partial charge in [0.1, 0.15) is 0 Å². The van der Waals surface area contributed by atoms with Crippen molar-refractivity contribution in [1.82, 2.24) is 0 Å². The van der Waals surface area contributed by atoms with E-state index in [0.29, 0.717) is 0 Å². The molecule has 0 amide bonds. The Morgan fingerprint density at radius 1 is 1.06 bits per heavy atom. The van der Waals surface area contributed by atoms with Crippen LogP contribution in [0.4, 0.5) is 0 Å². The first-order chi connectivity index (χ1) is 7.73. The number of rotatable bonds is 2. The number of hydrogen-bond acceptors (Lipinski definition) is 1. The normalized spacial score (nSPS) is 26.9. The van der Waals surface area contributed by atoms with E-state index in [2.05, 4.69) is 58.9 Å². The molecule has 1 aromatic rings. The molecule has 0 N–H and O–H groups in total. The Bertz CT molecular complexity index is 408. The second-order valence-corrected chi connectivity index (χ2v) is 6.92. The fraction of sp³-hybridized carbons (Fsp3) is 0.625. The molecule has 1 aromatic carbocycles. The van der Waals surface area contributed by atoms with Crippen LogP contribution in [0.2, 0.25) is 0 Å². The van der Waals surface area contributed by atoms with Gasteiger partial charge in [-0.05, 0) is 23.0 Å². The number of benzene rings is 1. The zero-order chi connectivity index (χ0) is 12.9. The van der Waals surface area contributed by atoms with Crippen molar-refractivity contribution < 1.29 is 4.74 Å². The summed E-state index contributed by atoms with van der Waals surface area (Å²) in [5.74, 6) is 0. The van der Waals surface area contributed by atoms with Crippen molar-refractivity contribution in [2.45, 2.75) is 52.1 Å². The molecule has 1 nitrogen and oxygen atoms in total. The van der Waals surface area contributed by atoms with Gasteiger partial charge in [0.05, 0.1) is 5.60 Å². The smallest absolute Gasteiger partial charge is 0.0985 e. The summed E-state index contributed by atoms with van der Waals surface area (Å²) in [5.41, 5.74) is 3.13. The van der Waals surface area contributed by atoms with Crippen molar-refractivity contribution in [3.8, 4) is 0 Å². The van der Waals surface area contributed by atoms with Crippen LogP contribution in [0, 0.1) is 5.41 Å². The molecule has 17 heavy (non-hydrogen) atoms. The summed E-state index contributed by atoms with van der Waals surface area (Å²) in [6.45, 7) is 11.3. The van der Waals surface area contributed by atoms with E-state index in [-0.39, 0.29) is 16.4 Å². The van der Waals surface area contributed by atoms with Crippen LogP contribution in [0.15, 0.2) is 24.3 Å². The highest BCUT2D eigenvalue weighted by Crippen LogP contribution is 2.64. The third-order valence-electron chi connectivity index (χ3n) is 4.22. The Balaban J connectivity index is 2.31. The van der Waals surface area contributed by atoms with Gasteiger partial charge in [0, 0.05) is 12.5 Å². The predicted octanol–water partition coefficient (Wildman–Crippen LogP) is 4.26. The quantitative estimate of drug-likeness (QED) is 0.740. The highest BCUT2D eigenvalue weighted by molar-refractivity contribution is 5.37. The largest absolute Gasteiger partial charge is 0.373 e. The van der Waals surface area contributed by atoms with Gasteiger partial charge >= 0.3 is 0 Å². The Kier molecular flexibility index (Phi) is 2.66. The summed E-state index contributed by atoms with van der Waals surface area (Å²) in [7, 11) is 1.83. The molecule has 0 spiro atoms. The lowest BCUT2D eigenvalue weighted by molar-refractivity contribution is 0.0462. The van der Waals surface area contributed by atoms with Crippen molar-refractivity contribution in [1.29, 1.82) is 0 Å². The molecule has 2 rings (SSSR count). The maximum atomic E-state index is 5.78. The van der Waals surface area contributed by atoms with E-state index in [0.717, 1.165) is 6.42 Å². The molecule has 0 heterocycles. The summed E-state index contributed by atoms with van der Waals surface area (Å²) < 4.78 is 5.78. The summed E-state index contributed by atoms with van der Waals surface area (Å²) >= 11 is 0. The zero-order valence-electron chi connectivity index (χ0n) is 11.9. The van der Waals surface area contributed by atoms with E-state index >= 15 is 0 Å². The van der Waals surface area contributed by atoms with Gasteiger partial charge in [0.2, 0.25) is 0 Å². The van der Waals surface area contributed by atoms with Gasteiger partial charge in [-0.1, -0.05) is 58.9 Å². The Hall–Kier alpha value is -0.820. The fourth-order valence-corrected chi connectivity index (χ4v) is 2.78. The van der Waals surface area contributed by atoms with Gasteiger partial charge in [-0.15, -0.1) is 0 Å². The monoisotopic (exact) mass is 232 g/mol.